The van der Waals surface area contributed by atoms with Gasteiger partial charge < -0.3 is 11.1 Å². The van der Waals surface area contributed by atoms with Crippen LogP contribution in [0.2, 0.25) is 0 Å². The van der Waals surface area contributed by atoms with E-state index in [1.165, 1.54) is 5.00 Å². The minimum absolute atomic E-state index is 0.185. The van der Waals surface area contributed by atoms with Crippen molar-refractivity contribution in [3.8, 4) is 0 Å². The number of hydrogen-bond donors (Lipinski definition) is 2. The molecule has 0 spiro atoms. The van der Waals surface area contributed by atoms with Crippen molar-refractivity contribution in [3.05, 3.63) is 17.5 Å². The van der Waals surface area contributed by atoms with Crippen molar-refractivity contribution < 1.29 is 0 Å². The molecule has 1 heterocycles. The average Bonchev–Trinajstić information content (AvgIpc) is 2.53. The third-order valence-electron chi connectivity index (χ3n) is 1.81. The molecule has 0 aliphatic rings. The molecule has 68 valence electrons. The third-order valence-corrected chi connectivity index (χ3v) is 2.64. The fourth-order valence-electron chi connectivity index (χ4n) is 0.778. The number of thiophene rings is 1. The SMILES string of the molecule is CC(C)(CN)CNc1cccs1. The molecule has 3 heteroatoms. The fraction of sp³-hybridized carbons (Fsp3) is 0.556. The molecule has 2 nitrogen and oxygen atoms in total. The first-order chi connectivity index (χ1) is 5.64. The molecule has 0 amide bonds. The minimum atomic E-state index is 0.185. The Morgan fingerprint density at radius 3 is 2.83 bits per heavy atom. The summed E-state index contributed by atoms with van der Waals surface area (Å²) in [6.07, 6.45) is 0. The molecule has 0 atom stereocenters. The van der Waals surface area contributed by atoms with Crippen molar-refractivity contribution in [2.45, 2.75) is 13.8 Å². The van der Waals surface area contributed by atoms with Gasteiger partial charge in [-0.3, -0.25) is 0 Å². The minimum Gasteiger partial charge on any atom is -0.376 e. The van der Waals surface area contributed by atoms with Crippen molar-refractivity contribution in [1.82, 2.24) is 0 Å². The highest BCUT2D eigenvalue weighted by atomic mass is 32.1. The Hall–Kier alpha value is -0.540. The van der Waals surface area contributed by atoms with Crippen LogP contribution < -0.4 is 11.1 Å². The lowest BCUT2D eigenvalue weighted by Gasteiger charge is -2.22. The predicted octanol–water partition coefficient (Wildman–Crippen LogP) is 2.14. The summed E-state index contributed by atoms with van der Waals surface area (Å²) < 4.78 is 0. The molecule has 0 saturated heterocycles. The van der Waals surface area contributed by atoms with Gasteiger partial charge in [0, 0.05) is 6.54 Å². The molecule has 0 saturated carbocycles. The summed E-state index contributed by atoms with van der Waals surface area (Å²) >= 11 is 1.72. The number of nitrogens with two attached hydrogens (primary N) is 1. The van der Waals surface area contributed by atoms with Gasteiger partial charge in [-0.15, -0.1) is 11.3 Å². The second kappa shape index (κ2) is 3.92. The van der Waals surface area contributed by atoms with Crippen molar-refractivity contribution in [2.24, 2.45) is 11.1 Å². The zero-order chi connectivity index (χ0) is 9.03. The highest BCUT2D eigenvalue weighted by Gasteiger charge is 2.14. The van der Waals surface area contributed by atoms with Crippen LogP contribution in [-0.2, 0) is 0 Å². The smallest absolute Gasteiger partial charge is 0.0882 e. The summed E-state index contributed by atoms with van der Waals surface area (Å²) in [5, 5.41) is 6.64. The molecule has 1 aromatic rings. The van der Waals surface area contributed by atoms with Gasteiger partial charge in [-0.2, -0.15) is 0 Å². The van der Waals surface area contributed by atoms with Crippen LogP contribution in [0.15, 0.2) is 17.5 Å². The van der Waals surface area contributed by atoms with Crippen molar-refractivity contribution in [1.29, 1.82) is 0 Å². The van der Waals surface area contributed by atoms with Crippen LogP contribution >= 0.6 is 11.3 Å². The summed E-state index contributed by atoms with van der Waals surface area (Å²) in [5.74, 6) is 0. The lowest BCUT2D eigenvalue weighted by Crippen LogP contribution is -2.31. The van der Waals surface area contributed by atoms with Gasteiger partial charge in [0.25, 0.3) is 0 Å². The number of hydrogen-bond acceptors (Lipinski definition) is 3. The second-order valence-corrected chi connectivity index (χ2v) is 4.65. The lowest BCUT2D eigenvalue weighted by atomic mass is 9.94. The van der Waals surface area contributed by atoms with Crippen LogP contribution in [0.25, 0.3) is 0 Å². The molecule has 12 heavy (non-hydrogen) atoms. The first-order valence-electron chi connectivity index (χ1n) is 4.11. The highest BCUT2D eigenvalue weighted by Crippen LogP contribution is 2.18. The summed E-state index contributed by atoms with van der Waals surface area (Å²) in [6, 6.07) is 4.12. The van der Waals surface area contributed by atoms with Gasteiger partial charge >= 0.3 is 0 Å². The zero-order valence-corrected chi connectivity index (χ0v) is 8.45. The molecule has 1 rings (SSSR count). The largest absolute Gasteiger partial charge is 0.376 e. The molecule has 0 fully saturated rings. The molecular weight excluding hydrogens is 168 g/mol. The highest BCUT2D eigenvalue weighted by molar-refractivity contribution is 7.14. The first-order valence-corrected chi connectivity index (χ1v) is 4.99. The van der Waals surface area contributed by atoms with E-state index in [0.717, 1.165) is 6.54 Å². The van der Waals surface area contributed by atoms with E-state index in [1.807, 2.05) is 6.07 Å². The summed E-state index contributed by atoms with van der Waals surface area (Å²) in [7, 11) is 0. The van der Waals surface area contributed by atoms with Crippen molar-refractivity contribution >= 4 is 16.3 Å². The van der Waals surface area contributed by atoms with E-state index in [-0.39, 0.29) is 5.41 Å². The Bertz CT molecular complexity index is 216. The molecule has 1 aromatic heterocycles. The fourth-order valence-corrected chi connectivity index (χ4v) is 1.39. The molecule has 0 aliphatic carbocycles. The van der Waals surface area contributed by atoms with Gasteiger partial charge in [0.05, 0.1) is 5.00 Å². The van der Waals surface area contributed by atoms with Crippen molar-refractivity contribution in [3.63, 3.8) is 0 Å². The zero-order valence-electron chi connectivity index (χ0n) is 7.63. The molecular formula is C9H16N2S. The van der Waals surface area contributed by atoms with Crippen LogP contribution in [0.1, 0.15) is 13.8 Å². The summed E-state index contributed by atoms with van der Waals surface area (Å²) in [6.45, 7) is 5.97. The van der Waals surface area contributed by atoms with E-state index in [9.17, 15) is 0 Å². The molecule has 0 aliphatic heterocycles. The number of anilines is 1. The Kier molecular flexibility index (Phi) is 3.12. The van der Waals surface area contributed by atoms with Gasteiger partial charge in [0.15, 0.2) is 0 Å². The normalized spacial score (nSPS) is 11.6. The van der Waals surface area contributed by atoms with E-state index in [0.29, 0.717) is 6.54 Å². The van der Waals surface area contributed by atoms with Crippen LogP contribution in [0.4, 0.5) is 5.00 Å². The quantitative estimate of drug-likeness (QED) is 0.752. The third kappa shape index (κ3) is 2.83. The maximum Gasteiger partial charge on any atom is 0.0882 e. The Labute approximate surface area is 77.8 Å². The van der Waals surface area contributed by atoms with Crippen LogP contribution in [-0.4, -0.2) is 13.1 Å². The molecule has 0 aromatic carbocycles. The molecule has 0 bridgehead atoms. The van der Waals surface area contributed by atoms with E-state index in [4.69, 9.17) is 5.73 Å². The Morgan fingerprint density at radius 2 is 2.33 bits per heavy atom. The summed E-state index contributed by atoms with van der Waals surface area (Å²) in [4.78, 5) is 0. The van der Waals surface area contributed by atoms with E-state index < -0.39 is 0 Å². The van der Waals surface area contributed by atoms with E-state index >= 15 is 0 Å². The maximum absolute atomic E-state index is 5.61. The molecule has 0 unspecified atom stereocenters. The average molecular weight is 184 g/mol. The topological polar surface area (TPSA) is 38.0 Å². The van der Waals surface area contributed by atoms with Gasteiger partial charge in [0.1, 0.15) is 0 Å². The molecule has 0 radical (unpaired) electrons. The maximum atomic E-state index is 5.61. The number of nitrogens with one attached hydrogen (secondary N) is 1. The Balaban J connectivity index is 2.36. The Morgan fingerprint density at radius 1 is 1.58 bits per heavy atom. The lowest BCUT2D eigenvalue weighted by molar-refractivity contribution is 0.406. The van der Waals surface area contributed by atoms with E-state index in [1.54, 1.807) is 11.3 Å². The van der Waals surface area contributed by atoms with E-state index in [2.05, 4.69) is 30.6 Å². The standard InChI is InChI=1S/C9H16N2S/c1-9(2,6-10)7-11-8-4-3-5-12-8/h3-5,11H,6-7,10H2,1-2H3. The summed E-state index contributed by atoms with van der Waals surface area (Å²) in [5.41, 5.74) is 5.79. The van der Waals surface area contributed by atoms with Crippen LogP contribution in [0.5, 0.6) is 0 Å². The van der Waals surface area contributed by atoms with Crippen molar-refractivity contribution in [2.75, 3.05) is 18.4 Å². The van der Waals surface area contributed by atoms with Crippen LogP contribution in [0, 0.1) is 5.41 Å². The van der Waals surface area contributed by atoms with Gasteiger partial charge in [-0.25, -0.2) is 0 Å². The van der Waals surface area contributed by atoms with Gasteiger partial charge in [-0.05, 0) is 29.5 Å². The number of rotatable bonds is 4. The monoisotopic (exact) mass is 184 g/mol. The second-order valence-electron chi connectivity index (χ2n) is 3.70. The van der Waals surface area contributed by atoms with Gasteiger partial charge in [-0.1, -0.05) is 13.8 Å². The molecule has 3 N–H and O–H groups in total. The van der Waals surface area contributed by atoms with Crippen LogP contribution in [0.3, 0.4) is 0 Å². The predicted molar refractivity (Wildman–Crippen MR) is 55.6 cm³/mol. The van der Waals surface area contributed by atoms with Gasteiger partial charge in [0.2, 0.25) is 0 Å². The first kappa shape index (κ1) is 9.55.